The van der Waals surface area contributed by atoms with Gasteiger partial charge in [-0.25, -0.2) is 4.79 Å². The molecule has 0 heterocycles. The molecular formula is C25H28O3. The predicted molar refractivity (Wildman–Crippen MR) is 114 cm³/mol. The van der Waals surface area contributed by atoms with Crippen LogP contribution in [0.5, 0.6) is 11.5 Å². The van der Waals surface area contributed by atoms with E-state index < -0.39 is 0 Å². The zero-order valence-corrected chi connectivity index (χ0v) is 16.7. The number of unbranched alkanes of at least 4 members (excludes halogenated alkanes) is 4. The molecule has 0 saturated carbocycles. The Morgan fingerprint density at radius 3 is 2.29 bits per heavy atom. The zero-order chi connectivity index (χ0) is 19.8. The molecule has 0 N–H and O–H groups in total. The summed E-state index contributed by atoms with van der Waals surface area (Å²) in [5, 5.41) is 2.04. The summed E-state index contributed by atoms with van der Waals surface area (Å²) < 4.78 is 11.4. The van der Waals surface area contributed by atoms with E-state index in [9.17, 15) is 4.79 Å². The van der Waals surface area contributed by atoms with E-state index in [1.54, 1.807) is 12.1 Å². The van der Waals surface area contributed by atoms with Crippen molar-refractivity contribution in [1.29, 1.82) is 0 Å². The third-order valence-corrected chi connectivity index (χ3v) is 4.91. The van der Waals surface area contributed by atoms with Crippen LogP contribution in [-0.4, -0.2) is 12.6 Å². The summed E-state index contributed by atoms with van der Waals surface area (Å²) in [6.07, 6.45) is 6.05. The van der Waals surface area contributed by atoms with Crippen LogP contribution in [0.2, 0.25) is 0 Å². The molecule has 3 rings (SSSR count). The highest BCUT2D eigenvalue weighted by Crippen LogP contribution is 2.29. The fourth-order valence-electron chi connectivity index (χ4n) is 3.25. The van der Waals surface area contributed by atoms with E-state index in [4.69, 9.17) is 9.47 Å². The number of rotatable bonds is 9. The molecule has 0 bridgehead atoms. The van der Waals surface area contributed by atoms with Gasteiger partial charge in [0.15, 0.2) is 0 Å². The summed E-state index contributed by atoms with van der Waals surface area (Å²) in [4.78, 5) is 12.6. The second-order valence-electron chi connectivity index (χ2n) is 7.10. The van der Waals surface area contributed by atoms with Crippen LogP contribution in [0.15, 0.2) is 60.7 Å². The number of carbonyl (C=O) groups excluding carboxylic acids is 1. The largest absolute Gasteiger partial charge is 0.494 e. The van der Waals surface area contributed by atoms with Crippen LogP contribution < -0.4 is 9.47 Å². The highest BCUT2D eigenvalue weighted by atomic mass is 16.5. The van der Waals surface area contributed by atoms with Crippen LogP contribution >= 0.6 is 0 Å². The molecule has 3 nitrogen and oxygen atoms in total. The number of esters is 1. The van der Waals surface area contributed by atoms with E-state index in [-0.39, 0.29) is 5.97 Å². The SMILES string of the molecule is CCCCCCCOc1ccc(C(=O)Oc2ccc(C)c3ccccc23)cc1. The van der Waals surface area contributed by atoms with Gasteiger partial charge in [-0.05, 0) is 54.6 Å². The van der Waals surface area contributed by atoms with Gasteiger partial charge >= 0.3 is 5.97 Å². The molecule has 0 aromatic heterocycles. The highest BCUT2D eigenvalue weighted by molar-refractivity contribution is 5.96. The van der Waals surface area contributed by atoms with Gasteiger partial charge in [-0.1, -0.05) is 62.9 Å². The Kier molecular flexibility index (Phi) is 7.07. The monoisotopic (exact) mass is 376 g/mol. The Bertz CT molecular complexity index is 913. The summed E-state index contributed by atoms with van der Waals surface area (Å²) in [7, 11) is 0. The van der Waals surface area contributed by atoms with E-state index in [0.717, 1.165) is 28.5 Å². The van der Waals surface area contributed by atoms with Gasteiger partial charge in [-0.15, -0.1) is 0 Å². The quantitative estimate of drug-likeness (QED) is 0.236. The second kappa shape index (κ2) is 9.93. The van der Waals surface area contributed by atoms with Gasteiger partial charge in [0.1, 0.15) is 11.5 Å². The minimum absolute atomic E-state index is 0.361. The Balaban J connectivity index is 1.59. The lowest BCUT2D eigenvalue weighted by Crippen LogP contribution is -2.09. The van der Waals surface area contributed by atoms with Gasteiger partial charge in [0.05, 0.1) is 12.2 Å². The van der Waals surface area contributed by atoms with Crippen molar-refractivity contribution in [2.24, 2.45) is 0 Å². The molecule has 146 valence electrons. The first kappa shape index (κ1) is 19.9. The van der Waals surface area contributed by atoms with Crippen molar-refractivity contribution in [3.63, 3.8) is 0 Å². The Hall–Kier alpha value is -2.81. The number of hydrogen-bond donors (Lipinski definition) is 0. The molecule has 0 aliphatic carbocycles. The third kappa shape index (κ3) is 5.13. The van der Waals surface area contributed by atoms with Crippen LogP contribution in [0, 0.1) is 6.92 Å². The van der Waals surface area contributed by atoms with Gasteiger partial charge < -0.3 is 9.47 Å². The lowest BCUT2D eigenvalue weighted by molar-refractivity contribution is 0.0737. The van der Waals surface area contributed by atoms with Gasteiger partial charge in [0.2, 0.25) is 0 Å². The molecular weight excluding hydrogens is 348 g/mol. The lowest BCUT2D eigenvalue weighted by atomic mass is 10.0. The van der Waals surface area contributed by atoms with Crippen LogP contribution in [0.4, 0.5) is 0 Å². The number of carbonyl (C=O) groups is 1. The van der Waals surface area contributed by atoms with Crippen molar-refractivity contribution in [2.45, 2.75) is 46.0 Å². The van der Waals surface area contributed by atoms with Crippen LogP contribution in [-0.2, 0) is 0 Å². The molecule has 0 atom stereocenters. The average Bonchev–Trinajstić information content (AvgIpc) is 2.73. The van der Waals surface area contributed by atoms with E-state index >= 15 is 0 Å². The van der Waals surface area contributed by atoms with Crippen LogP contribution in [0.1, 0.15) is 54.9 Å². The maximum Gasteiger partial charge on any atom is 0.343 e. The number of hydrogen-bond acceptors (Lipinski definition) is 3. The van der Waals surface area contributed by atoms with Gasteiger partial charge in [-0.3, -0.25) is 0 Å². The molecule has 0 unspecified atom stereocenters. The highest BCUT2D eigenvalue weighted by Gasteiger charge is 2.12. The zero-order valence-electron chi connectivity index (χ0n) is 16.7. The molecule has 0 radical (unpaired) electrons. The number of aryl methyl sites for hydroxylation is 1. The summed E-state index contributed by atoms with van der Waals surface area (Å²) in [5.41, 5.74) is 1.67. The normalized spacial score (nSPS) is 10.8. The number of fused-ring (bicyclic) bond motifs is 1. The summed E-state index contributed by atoms with van der Waals surface area (Å²) >= 11 is 0. The first-order valence-corrected chi connectivity index (χ1v) is 10.1. The second-order valence-corrected chi connectivity index (χ2v) is 7.10. The maximum absolute atomic E-state index is 12.6. The minimum Gasteiger partial charge on any atom is -0.494 e. The molecule has 28 heavy (non-hydrogen) atoms. The van der Waals surface area contributed by atoms with Crippen LogP contribution in [0.25, 0.3) is 10.8 Å². The smallest absolute Gasteiger partial charge is 0.343 e. The molecule has 0 aliphatic rings. The average molecular weight is 376 g/mol. The summed E-state index contributed by atoms with van der Waals surface area (Å²) in [5.74, 6) is 1.01. The summed E-state index contributed by atoms with van der Waals surface area (Å²) in [6.45, 7) is 4.98. The minimum atomic E-state index is -0.361. The standard InChI is InChI=1S/C25H28O3/c1-3-4-5-6-9-18-27-21-15-13-20(14-16-21)25(26)28-24-17-12-19(2)22-10-7-8-11-23(22)24/h7-8,10-17H,3-6,9,18H2,1-2H3. The predicted octanol–water partition coefficient (Wildman–Crippen LogP) is 6.72. The molecule has 0 amide bonds. The van der Waals surface area contributed by atoms with Crippen molar-refractivity contribution < 1.29 is 14.3 Å². The molecule has 0 aliphatic heterocycles. The van der Waals surface area contributed by atoms with Gasteiger partial charge in [0.25, 0.3) is 0 Å². The van der Waals surface area contributed by atoms with E-state index in [2.05, 4.69) is 13.8 Å². The first-order chi connectivity index (χ1) is 13.7. The molecule has 0 spiro atoms. The van der Waals surface area contributed by atoms with Crippen molar-refractivity contribution in [2.75, 3.05) is 6.61 Å². The molecule has 3 aromatic carbocycles. The van der Waals surface area contributed by atoms with Crippen LogP contribution in [0.3, 0.4) is 0 Å². The maximum atomic E-state index is 12.6. The Labute approximate surface area is 167 Å². The lowest BCUT2D eigenvalue weighted by Gasteiger charge is -2.10. The number of benzene rings is 3. The molecule has 3 heteroatoms. The third-order valence-electron chi connectivity index (χ3n) is 4.91. The Morgan fingerprint density at radius 1 is 0.821 bits per heavy atom. The number of ether oxygens (including phenoxy) is 2. The molecule has 3 aromatic rings. The summed E-state index contributed by atoms with van der Waals surface area (Å²) in [6, 6.07) is 19.0. The van der Waals surface area contributed by atoms with Crippen molar-refractivity contribution >= 4 is 16.7 Å². The first-order valence-electron chi connectivity index (χ1n) is 10.1. The molecule has 0 fully saturated rings. The molecule has 0 saturated heterocycles. The van der Waals surface area contributed by atoms with E-state index in [1.807, 2.05) is 48.5 Å². The van der Waals surface area contributed by atoms with Crippen molar-refractivity contribution in [3.05, 3.63) is 71.8 Å². The fraction of sp³-hybridized carbons (Fsp3) is 0.320. The van der Waals surface area contributed by atoms with Crippen molar-refractivity contribution in [1.82, 2.24) is 0 Å². The van der Waals surface area contributed by atoms with Gasteiger partial charge in [-0.2, -0.15) is 0 Å². The Morgan fingerprint density at radius 2 is 1.54 bits per heavy atom. The topological polar surface area (TPSA) is 35.5 Å². The van der Waals surface area contributed by atoms with Crippen molar-refractivity contribution in [3.8, 4) is 11.5 Å². The van der Waals surface area contributed by atoms with Gasteiger partial charge in [0, 0.05) is 5.39 Å². The van der Waals surface area contributed by atoms with E-state index in [1.165, 1.54) is 25.7 Å². The van der Waals surface area contributed by atoms with E-state index in [0.29, 0.717) is 17.9 Å². The fourth-order valence-corrected chi connectivity index (χ4v) is 3.25.